The molecule has 58 valence electrons. The van der Waals surface area contributed by atoms with Gasteiger partial charge in [-0.25, -0.2) is 0 Å². The Morgan fingerprint density at radius 1 is 0.667 bits per heavy atom. The molecule has 0 unspecified atom stereocenters. The van der Waals surface area contributed by atoms with Gasteiger partial charge in [-0.3, -0.25) is 0 Å². The van der Waals surface area contributed by atoms with Crippen molar-refractivity contribution < 1.29 is 147 Å². The predicted octanol–water partition coefficient (Wildman–Crippen LogP) is -23.5. The van der Waals surface area contributed by atoms with Crippen LogP contribution in [0.5, 0.6) is 0 Å². The van der Waals surface area contributed by atoms with Crippen molar-refractivity contribution in [2.24, 2.45) is 0 Å². The fraction of sp³-hybridized carbons (Fsp3) is 0. The van der Waals surface area contributed by atoms with Gasteiger partial charge >= 0.3 is 113 Å². The first kappa shape index (κ1) is 50.9. The van der Waals surface area contributed by atoms with Crippen LogP contribution in [0.3, 0.4) is 0 Å². The molecule has 0 aromatic rings. The maximum atomic E-state index is 8.55. The van der Waals surface area contributed by atoms with Gasteiger partial charge in [0.2, 0.25) is 0 Å². The zero-order chi connectivity index (χ0) is 8.08. The number of hydrogen-bond acceptors (Lipinski definition) is 7. The molecular formula is Li6O7P2. The van der Waals surface area contributed by atoms with E-state index >= 15 is 0 Å². The van der Waals surface area contributed by atoms with Gasteiger partial charge in [-0.1, -0.05) is 0 Å². The van der Waals surface area contributed by atoms with E-state index in [4.69, 9.17) is 33.9 Å². The molecule has 0 fully saturated rings. The third-order valence-electron chi connectivity index (χ3n) is 0. The van der Waals surface area contributed by atoms with E-state index in [-0.39, 0.29) is 113 Å². The van der Waals surface area contributed by atoms with Gasteiger partial charge in [0.25, 0.3) is 0 Å². The molecule has 0 aromatic heterocycles. The van der Waals surface area contributed by atoms with Gasteiger partial charge in [0.05, 0.1) is 0 Å². The van der Waals surface area contributed by atoms with Crippen molar-refractivity contribution in [3.63, 3.8) is 0 Å². The van der Waals surface area contributed by atoms with Crippen LogP contribution in [0.25, 0.3) is 0 Å². The first-order valence-electron chi connectivity index (χ1n) is 1.28. The van der Waals surface area contributed by atoms with Crippen LogP contribution in [0.4, 0.5) is 0 Å². The van der Waals surface area contributed by atoms with Gasteiger partial charge in [-0.15, -0.1) is 0 Å². The Morgan fingerprint density at radius 2 is 0.667 bits per heavy atom. The smallest absolute Gasteiger partial charge is 0.854 e. The van der Waals surface area contributed by atoms with Gasteiger partial charge in [0, 0.05) is 0 Å². The van der Waals surface area contributed by atoms with Gasteiger partial charge in [-0.05, 0) is 0 Å². The van der Waals surface area contributed by atoms with Crippen LogP contribution in [0.15, 0.2) is 0 Å². The molecule has 0 N–H and O–H groups in total. The van der Waals surface area contributed by atoms with Crippen LogP contribution in [0, 0.1) is 0 Å². The van der Waals surface area contributed by atoms with E-state index < -0.39 is 16.4 Å². The van der Waals surface area contributed by atoms with Crippen LogP contribution in [-0.4, -0.2) is 0 Å². The Hall–Kier alpha value is 4.00. The first-order chi connectivity index (χ1) is 3.73. The monoisotopic (exact) mass is 216 g/mol. The fourth-order valence-electron chi connectivity index (χ4n) is 0. The summed E-state index contributed by atoms with van der Waals surface area (Å²) in [6, 6.07) is 0. The van der Waals surface area contributed by atoms with E-state index in [9.17, 15) is 0 Å². The third kappa shape index (κ3) is 288. The Balaban J connectivity index is -0.00000000785. The molecule has 0 spiro atoms. The van der Waals surface area contributed by atoms with Crippen molar-refractivity contribution in [3.8, 4) is 0 Å². The van der Waals surface area contributed by atoms with E-state index in [1.54, 1.807) is 0 Å². The minimum atomic E-state index is -5.39. The second-order valence-electron chi connectivity index (χ2n) is 0.671. The molecule has 15 heteroatoms. The summed E-state index contributed by atoms with van der Waals surface area (Å²) in [4.78, 5) is 51.1. The molecule has 0 heterocycles. The second kappa shape index (κ2) is 30.8. The number of phosphoric acid groups is 1. The quantitative estimate of drug-likeness (QED) is 0.287. The summed E-state index contributed by atoms with van der Waals surface area (Å²) < 4.78 is 8.55. The summed E-state index contributed by atoms with van der Waals surface area (Å²) in [7, 11) is -8.76. The average Bonchev–Trinajstić information content (AvgIpc) is 1.19. The SMILES string of the molecule is O=P([O-])([O-])[O-].[Li+].[Li+].[Li+].[Li+].[Li+].[Li+].[O-]P([O-])[O-]. The standard InChI is InChI=1S/6Li.H3O4P.O3P/c;;;;;;1-5(2,3)4;1-4(2)3/h;;;;;;(H3,1,2,3,4);/q6*+1;;-3/p-3. The molecule has 0 bridgehead atoms. The topological polar surface area (TPSA) is 155 Å². The Morgan fingerprint density at radius 3 is 0.667 bits per heavy atom. The predicted molar refractivity (Wildman–Crippen MR) is 14.5 cm³/mol. The fourth-order valence-corrected chi connectivity index (χ4v) is 0. The second-order valence-corrected chi connectivity index (χ2v) is 2.01. The van der Waals surface area contributed by atoms with Crippen molar-refractivity contribution in [3.05, 3.63) is 0 Å². The summed E-state index contributed by atoms with van der Waals surface area (Å²) >= 11 is 0. The van der Waals surface area contributed by atoms with E-state index in [0.29, 0.717) is 0 Å². The Bertz CT molecular complexity index is 92.6. The van der Waals surface area contributed by atoms with E-state index in [0.717, 1.165) is 0 Å². The largest absolute Gasteiger partial charge is 1.00 e. The van der Waals surface area contributed by atoms with Crippen molar-refractivity contribution in [2.75, 3.05) is 0 Å². The normalized spacial score (nSPS) is 6.33. The van der Waals surface area contributed by atoms with Crippen molar-refractivity contribution in [1.82, 2.24) is 0 Å². The maximum Gasteiger partial charge on any atom is 1.00 e. The number of rotatable bonds is 0. The van der Waals surface area contributed by atoms with Crippen LogP contribution in [-0.2, 0) is 4.57 Å². The minimum Gasteiger partial charge on any atom is -0.854 e. The molecular weight excluding hydrogens is 216 g/mol. The summed E-state index contributed by atoms with van der Waals surface area (Å²) in [6.07, 6.45) is 0. The molecule has 0 aliphatic carbocycles. The molecule has 0 rings (SSSR count). The molecule has 0 aliphatic rings. The van der Waals surface area contributed by atoms with E-state index in [2.05, 4.69) is 0 Å². The van der Waals surface area contributed by atoms with Crippen molar-refractivity contribution >= 4 is 16.4 Å². The average molecular weight is 216 g/mol. The molecule has 15 heavy (non-hydrogen) atoms. The molecule has 0 saturated heterocycles. The van der Waals surface area contributed by atoms with Gasteiger partial charge < -0.3 is 42.5 Å². The van der Waals surface area contributed by atoms with Gasteiger partial charge in [-0.2, -0.15) is 7.82 Å². The molecule has 0 radical (unpaired) electrons. The molecule has 0 atom stereocenters. The summed E-state index contributed by atoms with van der Waals surface area (Å²) in [5.74, 6) is 0. The van der Waals surface area contributed by atoms with E-state index in [1.807, 2.05) is 0 Å². The summed E-state index contributed by atoms with van der Waals surface area (Å²) in [6.45, 7) is 0. The molecule has 0 saturated carbocycles. The molecule has 7 nitrogen and oxygen atoms in total. The molecule has 0 amide bonds. The summed E-state index contributed by atoms with van der Waals surface area (Å²) in [5, 5.41) is 0. The molecule has 0 aromatic carbocycles. The summed E-state index contributed by atoms with van der Waals surface area (Å²) in [5.41, 5.74) is 0. The van der Waals surface area contributed by atoms with Crippen molar-refractivity contribution in [2.45, 2.75) is 0 Å². The first-order valence-corrected chi connectivity index (χ1v) is 3.83. The van der Waals surface area contributed by atoms with Gasteiger partial charge in [0.1, 0.15) is 0 Å². The Labute approximate surface area is 161 Å². The zero-order valence-electron chi connectivity index (χ0n) is 9.75. The van der Waals surface area contributed by atoms with Crippen LogP contribution < -0.4 is 143 Å². The van der Waals surface area contributed by atoms with E-state index in [1.165, 1.54) is 0 Å². The Kier molecular flexibility index (Phi) is 104. The van der Waals surface area contributed by atoms with Crippen LogP contribution >= 0.6 is 16.4 Å². The molecule has 0 aliphatic heterocycles. The maximum absolute atomic E-state index is 8.55. The number of hydrogen-bond donors (Lipinski definition) is 0. The van der Waals surface area contributed by atoms with Crippen molar-refractivity contribution in [1.29, 1.82) is 0 Å². The van der Waals surface area contributed by atoms with Crippen LogP contribution in [0.2, 0.25) is 0 Å². The third-order valence-corrected chi connectivity index (χ3v) is 0. The van der Waals surface area contributed by atoms with Crippen LogP contribution in [0.1, 0.15) is 0 Å². The zero-order valence-corrected chi connectivity index (χ0v) is 11.5. The van der Waals surface area contributed by atoms with Gasteiger partial charge in [0.15, 0.2) is 0 Å². The minimum absolute atomic E-state index is 0.